The van der Waals surface area contributed by atoms with Gasteiger partial charge >= 0.3 is 0 Å². The van der Waals surface area contributed by atoms with E-state index in [0.29, 0.717) is 30.0 Å². The molecule has 0 aliphatic carbocycles. The molecule has 1 N–H and O–H groups in total. The zero-order valence-corrected chi connectivity index (χ0v) is 20.1. The van der Waals surface area contributed by atoms with Gasteiger partial charge in [0.05, 0.1) is 21.2 Å². The maximum atomic E-state index is 13.3. The normalized spacial score (nSPS) is 13.7. The topological polar surface area (TPSA) is 86.8 Å². The lowest BCUT2D eigenvalue weighted by molar-refractivity contribution is -0.117. The van der Waals surface area contributed by atoms with E-state index >= 15 is 0 Å². The molecule has 34 heavy (non-hydrogen) atoms. The quantitative estimate of drug-likeness (QED) is 0.501. The van der Waals surface area contributed by atoms with Crippen LogP contribution in [0.25, 0.3) is 0 Å². The molecule has 4 rings (SSSR count). The van der Waals surface area contributed by atoms with Gasteiger partial charge in [0.1, 0.15) is 0 Å². The van der Waals surface area contributed by atoms with E-state index < -0.39 is 15.9 Å². The number of nitrogens with zero attached hydrogens (tertiary/aromatic N) is 2. The number of carbonyl (C=O) groups excluding carboxylic acids is 2. The van der Waals surface area contributed by atoms with Gasteiger partial charge < -0.3 is 10.2 Å². The highest BCUT2D eigenvalue weighted by Gasteiger charge is 2.26. The van der Waals surface area contributed by atoms with Crippen molar-refractivity contribution < 1.29 is 18.0 Å². The highest BCUT2D eigenvalue weighted by molar-refractivity contribution is 7.92. The van der Waals surface area contributed by atoms with Gasteiger partial charge in [-0.3, -0.25) is 13.9 Å². The predicted molar refractivity (Wildman–Crippen MR) is 134 cm³/mol. The third-order valence-electron chi connectivity index (χ3n) is 5.59. The van der Waals surface area contributed by atoms with Crippen molar-refractivity contribution >= 4 is 50.5 Å². The van der Waals surface area contributed by atoms with Gasteiger partial charge in [-0.15, -0.1) is 0 Å². The Labute approximate surface area is 204 Å². The van der Waals surface area contributed by atoms with E-state index in [1.807, 2.05) is 12.1 Å². The third kappa shape index (κ3) is 4.78. The first-order chi connectivity index (χ1) is 16.3. The molecule has 1 aliphatic heterocycles. The standard InChI is InChI=1S/C25H24ClN3O4S/c1-2-29(19-9-4-3-5-10-19)34(32,33)21-13-14-23(26)22(17-21)25(31)27-18-8-6-11-20(16-18)28-15-7-12-24(28)30/h3-6,8-11,13-14,16-17H,2,7,12,15H2,1H3,(H,27,31). The van der Waals surface area contributed by atoms with Crippen LogP contribution in [0.3, 0.4) is 0 Å². The fourth-order valence-corrected chi connectivity index (χ4v) is 5.63. The molecule has 0 unspecified atom stereocenters. The van der Waals surface area contributed by atoms with Crippen molar-refractivity contribution in [2.24, 2.45) is 0 Å². The highest BCUT2D eigenvalue weighted by atomic mass is 35.5. The van der Waals surface area contributed by atoms with Crippen LogP contribution in [0, 0.1) is 0 Å². The molecular weight excluding hydrogens is 474 g/mol. The number of halogens is 1. The molecule has 0 atom stereocenters. The zero-order chi connectivity index (χ0) is 24.3. The molecule has 0 saturated carbocycles. The van der Waals surface area contributed by atoms with Gasteiger partial charge in [0.15, 0.2) is 0 Å². The molecule has 1 aliphatic rings. The van der Waals surface area contributed by atoms with Crippen LogP contribution >= 0.6 is 11.6 Å². The van der Waals surface area contributed by atoms with Crippen LogP contribution in [-0.2, 0) is 14.8 Å². The summed E-state index contributed by atoms with van der Waals surface area (Å²) in [4.78, 5) is 26.7. The lowest BCUT2D eigenvalue weighted by Gasteiger charge is -2.23. The minimum atomic E-state index is -3.92. The Morgan fingerprint density at radius 2 is 1.82 bits per heavy atom. The minimum absolute atomic E-state index is 0.0366. The Morgan fingerprint density at radius 3 is 2.50 bits per heavy atom. The Morgan fingerprint density at radius 1 is 1.06 bits per heavy atom. The summed E-state index contributed by atoms with van der Waals surface area (Å²) in [7, 11) is -3.92. The summed E-state index contributed by atoms with van der Waals surface area (Å²) >= 11 is 6.27. The first kappa shape index (κ1) is 23.8. The van der Waals surface area contributed by atoms with Crippen LogP contribution in [0.15, 0.2) is 77.7 Å². The summed E-state index contributed by atoms with van der Waals surface area (Å²) in [5, 5.41) is 2.89. The molecule has 2 amide bonds. The van der Waals surface area contributed by atoms with Crippen molar-refractivity contribution in [2.75, 3.05) is 27.6 Å². The van der Waals surface area contributed by atoms with Gasteiger partial charge in [-0.1, -0.05) is 35.9 Å². The van der Waals surface area contributed by atoms with Gasteiger partial charge in [-0.2, -0.15) is 0 Å². The second-order valence-electron chi connectivity index (χ2n) is 7.80. The minimum Gasteiger partial charge on any atom is -0.322 e. The average molecular weight is 498 g/mol. The number of carbonyl (C=O) groups is 2. The van der Waals surface area contributed by atoms with Crippen molar-refractivity contribution in [3.63, 3.8) is 0 Å². The molecular formula is C25H24ClN3O4S. The van der Waals surface area contributed by atoms with Gasteiger partial charge in [-0.05, 0) is 61.9 Å². The molecule has 3 aromatic carbocycles. The summed E-state index contributed by atoms with van der Waals surface area (Å²) in [6.07, 6.45) is 1.30. The fourth-order valence-electron chi connectivity index (χ4n) is 3.92. The lowest BCUT2D eigenvalue weighted by Crippen LogP contribution is -2.31. The summed E-state index contributed by atoms with van der Waals surface area (Å²) in [6.45, 7) is 2.60. The summed E-state index contributed by atoms with van der Waals surface area (Å²) in [5.74, 6) is -0.502. The number of hydrogen-bond donors (Lipinski definition) is 1. The Bertz CT molecular complexity index is 1330. The van der Waals surface area contributed by atoms with Crippen molar-refractivity contribution in [2.45, 2.75) is 24.7 Å². The SMILES string of the molecule is CCN(c1ccccc1)S(=O)(=O)c1ccc(Cl)c(C(=O)Nc2cccc(N3CCCC3=O)c2)c1. The van der Waals surface area contributed by atoms with E-state index in [9.17, 15) is 18.0 Å². The number of anilines is 3. The molecule has 9 heteroatoms. The summed E-state index contributed by atoms with van der Waals surface area (Å²) < 4.78 is 28.0. The van der Waals surface area contributed by atoms with Crippen LogP contribution in [-0.4, -0.2) is 33.3 Å². The molecule has 0 aromatic heterocycles. The third-order valence-corrected chi connectivity index (χ3v) is 7.82. The Hall–Kier alpha value is -3.36. The maximum absolute atomic E-state index is 13.3. The van der Waals surface area contributed by atoms with Gasteiger partial charge in [0, 0.05) is 30.9 Å². The molecule has 1 saturated heterocycles. The largest absolute Gasteiger partial charge is 0.322 e. The number of para-hydroxylation sites is 1. The van der Waals surface area contributed by atoms with E-state index in [1.54, 1.807) is 54.3 Å². The van der Waals surface area contributed by atoms with Crippen LogP contribution in [0.1, 0.15) is 30.1 Å². The molecule has 176 valence electrons. The van der Waals surface area contributed by atoms with Crippen molar-refractivity contribution in [1.82, 2.24) is 0 Å². The van der Waals surface area contributed by atoms with E-state index in [4.69, 9.17) is 11.6 Å². The van der Waals surface area contributed by atoms with Crippen LogP contribution < -0.4 is 14.5 Å². The molecule has 3 aromatic rings. The van der Waals surface area contributed by atoms with Gasteiger partial charge in [0.2, 0.25) is 5.91 Å². The summed E-state index contributed by atoms with van der Waals surface area (Å²) in [6, 6.07) is 19.8. The van der Waals surface area contributed by atoms with Crippen molar-refractivity contribution in [3.8, 4) is 0 Å². The Balaban J connectivity index is 1.61. The Kier molecular flexibility index (Phi) is 6.90. The second-order valence-corrected chi connectivity index (χ2v) is 10.1. The molecule has 1 heterocycles. The molecule has 1 fully saturated rings. The molecule has 7 nitrogen and oxygen atoms in total. The van der Waals surface area contributed by atoms with E-state index in [-0.39, 0.29) is 27.9 Å². The number of amides is 2. The number of hydrogen-bond acceptors (Lipinski definition) is 4. The second kappa shape index (κ2) is 9.87. The van der Waals surface area contributed by atoms with Gasteiger partial charge in [-0.25, -0.2) is 8.42 Å². The van der Waals surface area contributed by atoms with Crippen molar-refractivity contribution in [3.05, 3.63) is 83.4 Å². The predicted octanol–water partition coefficient (Wildman–Crippen LogP) is 4.93. The number of rotatable bonds is 7. The highest BCUT2D eigenvalue weighted by Crippen LogP contribution is 2.28. The zero-order valence-electron chi connectivity index (χ0n) is 18.6. The average Bonchev–Trinajstić information content (AvgIpc) is 3.26. The smallest absolute Gasteiger partial charge is 0.264 e. The van der Waals surface area contributed by atoms with Crippen LogP contribution in [0.4, 0.5) is 17.1 Å². The fraction of sp³-hybridized carbons (Fsp3) is 0.200. The van der Waals surface area contributed by atoms with Crippen LogP contribution in [0.2, 0.25) is 5.02 Å². The monoisotopic (exact) mass is 497 g/mol. The van der Waals surface area contributed by atoms with E-state index in [1.165, 1.54) is 22.5 Å². The summed E-state index contributed by atoms with van der Waals surface area (Å²) in [5.41, 5.74) is 1.74. The van der Waals surface area contributed by atoms with Crippen LogP contribution in [0.5, 0.6) is 0 Å². The van der Waals surface area contributed by atoms with E-state index in [2.05, 4.69) is 5.32 Å². The first-order valence-corrected chi connectivity index (χ1v) is 12.7. The molecule has 0 bridgehead atoms. The van der Waals surface area contributed by atoms with Gasteiger partial charge in [0.25, 0.3) is 15.9 Å². The number of benzene rings is 3. The van der Waals surface area contributed by atoms with E-state index in [0.717, 1.165) is 6.42 Å². The maximum Gasteiger partial charge on any atom is 0.264 e. The first-order valence-electron chi connectivity index (χ1n) is 10.9. The van der Waals surface area contributed by atoms with Crippen molar-refractivity contribution in [1.29, 1.82) is 0 Å². The molecule has 0 spiro atoms. The molecule has 0 radical (unpaired) electrons. The number of nitrogens with one attached hydrogen (secondary N) is 1. The number of sulfonamides is 1. The lowest BCUT2D eigenvalue weighted by atomic mass is 10.2.